The number of nitrogens with zero attached hydrogens (tertiary/aromatic N) is 1. The molecule has 1 aliphatic carbocycles. The van der Waals surface area contributed by atoms with Crippen LogP contribution in [-0.2, 0) is 4.79 Å². The summed E-state index contributed by atoms with van der Waals surface area (Å²) in [5, 5.41) is 3.47. The molecule has 2 heterocycles. The molecule has 3 fully saturated rings. The highest BCUT2D eigenvalue weighted by atomic mass is 16.2. The Bertz CT molecular complexity index is 317. The van der Waals surface area contributed by atoms with Crippen molar-refractivity contribution < 1.29 is 4.79 Å². The van der Waals surface area contributed by atoms with E-state index in [4.69, 9.17) is 0 Å². The molecule has 17 heavy (non-hydrogen) atoms. The van der Waals surface area contributed by atoms with Gasteiger partial charge in [0.2, 0.25) is 5.91 Å². The molecule has 0 aromatic rings. The molecule has 3 rings (SSSR count). The number of fused-ring (bicyclic) bond motifs is 1. The maximum absolute atomic E-state index is 12.8. The Hall–Kier alpha value is -0.570. The number of amides is 1. The quantitative estimate of drug-likeness (QED) is 0.750. The molecule has 0 aromatic carbocycles. The minimum absolute atomic E-state index is 0.0255. The Balaban J connectivity index is 1.79. The van der Waals surface area contributed by atoms with E-state index in [9.17, 15) is 4.79 Å². The SMILES string of the molecule is CC1CCN(C(=O)[C@@]23CCCC[C@H]2CNC3)C1. The van der Waals surface area contributed by atoms with Gasteiger partial charge in [0, 0.05) is 19.6 Å². The lowest BCUT2D eigenvalue weighted by Crippen LogP contribution is -2.49. The second kappa shape index (κ2) is 4.27. The van der Waals surface area contributed by atoms with Crippen molar-refractivity contribution in [1.29, 1.82) is 0 Å². The van der Waals surface area contributed by atoms with E-state index in [1.54, 1.807) is 0 Å². The van der Waals surface area contributed by atoms with Crippen LogP contribution in [0.2, 0.25) is 0 Å². The first-order chi connectivity index (χ1) is 8.22. The molecule has 96 valence electrons. The molecule has 3 nitrogen and oxygen atoms in total. The lowest BCUT2D eigenvalue weighted by atomic mass is 9.67. The Morgan fingerprint density at radius 2 is 2.24 bits per heavy atom. The number of carbonyl (C=O) groups excluding carboxylic acids is 1. The second-order valence-electron chi connectivity index (χ2n) is 6.37. The van der Waals surface area contributed by atoms with Crippen LogP contribution in [0.4, 0.5) is 0 Å². The van der Waals surface area contributed by atoms with E-state index < -0.39 is 0 Å². The molecule has 3 heteroatoms. The van der Waals surface area contributed by atoms with Crippen molar-refractivity contribution in [2.45, 2.75) is 39.0 Å². The van der Waals surface area contributed by atoms with Crippen LogP contribution >= 0.6 is 0 Å². The summed E-state index contributed by atoms with van der Waals surface area (Å²) in [6, 6.07) is 0. The fraction of sp³-hybridized carbons (Fsp3) is 0.929. The summed E-state index contributed by atoms with van der Waals surface area (Å²) in [5.41, 5.74) is -0.0255. The van der Waals surface area contributed by atoms with Gasteiger partial charge in [-0.15, -0.1) is 0 Å². The Morgan fingerprint density at radius 1 is 1.35 bits per heavy atom. The maximum atomic E-state index is 12.8. The van der Waals surface area contributed by atoms with Crippen molar-refractivity contribution in [1.82, 2.24) is 10.2 Å². The van der Waals surface area contributed by atoms with Crippen LogP contribution in [0.25, 0.3) is 0 Å². The van der Waals surface area contributed by atoms with Crippen LogP contribution in [0, 0.1) is 17.3 Å². The zero-order chi connectivity index (χ0) is 11.9. The smallest absolute Gasteiger partial charge is 0.230 e. The van der Waals surface area contributed by atoms with E-state index >= 15 is 0 Å². The van der Waals surface area contributed by atoms with Crippen molar-refractivity contribution in [2.24, 2.45) is 17.3 Å². The Labute approximate surface area is 104 Å². The molecule has 2 saturated heterocycles. The fourth-order valence-corrected chi connectivity index (χ4v) is 4.10. The summed E-state index contributed by atoms with van der Waals surface area (Å²) < 4.78 is 0. The molecule has 1 N–H and O–H groups in total. The number of nitrogens with one attached hydrogen (secondary N) is 1. The first-order valence-electron chi connectivity index (χ1n) is 7.22. The third kappa shape index (κ3) is 1.79. The summed E-state index contributed by atoms with van der Waals surface area (Å²) in [6.45, 7) is 6.24. The summed E-state index contributed by atoms with van der Waals surface area (Å²) >= 11 is 0. The Kier molecular flexibility index (Phi) is 2.89. The van der Waals surface area contributed by atoms with Gasteiger partial charge in [0.1, 0.15) is 0 Å². The first-order valence-corrected chi connectivity index (χ1v) is 7.22. The number of carbonyl (C=O) groups is 1. The maximum Gasteiger partial charge on any atom is 0.230 e. The van der Waals surface area contributed by atoms with Gasteiger partial charge in [0.15, 0.2) is 0 Å². The third-order valence-electron chi connectivity index (χ3n) is 5.18. The van der Waals surface area contributed by atoms with Crippen molar-refractivity contribution >= 4 is 5.91 Å². The number of rotatable bonds is 1. The molecule has 0 aromatic heterocycles. The first kappa shape index (κ1) is 11.5. The predicted molar refractivity (Wildman–Crippen MR) is 67.6 cm³/mol. The van der Waals surface area contributed by atoms with Crippen LogP contribution in [0.1, 0.15) is 39.0 Å². The van der Waals surface area contributed by atoms with Crippen molar-refractivity contribution in [3.8, 4) is 0 Å². The molecule has 1 unspecified atom stereocenters. The molecule has 0 bridgehead atoms. The number of hydrogen-bond acceptors (Lipinski definition) is 2. The molecule has 0 radical (unpaired) electrons. The minimum Gasteiger partial charge on any atom is -0.342 e. The van der Waals surface area contributed by atoms with Gasteiger partial charge in [0.25, 0.3) is 0 Å². The number of likely N-dealkylation sites (tertiary alicyclic amines) is 1. The van der Waals surface area contributed by atoms with Gasteiger partial charge in [-0.05, 0) is 37.6 Å². The molecule has 0 spiro atoms. The van der Waals surface area contributed by atoms with E-state index in [1.165, 1.54) is 25.7 Å². The lowest BCUT2D eigenvalue weighted by Gasteiger charge is -2.39. The molecule has 3 aliphatic rings. The molecule has 1 amide bonds. The molecule has 2 aliphatic heterocycles. The second-order valence-corrected chi connectivity index (χ2v) is 6.37. The zero-order valence-electron chi connectivity index (χ0n) is 10.9. The minimum atomic E-state index is -0.0255. The van der Waals surface area contributed by atoms with E-state index in [1.807, 2.05) is 0 Å². The van der Waals surface area contributed by atoms with Gasteiger partial charge in [0.05, 0.1) is 5.41 Å². The normalized spacial score (nSPS) is 41.6. The van der Waals surface area contributed by atoms with Crippen molar-refractivity contribution in [3.63, 3.8) is 0 Å². The van der Waals surface area contributed by atoms with E-state index in [0.29, 0.717) is 17.7 Å². The van der Waals surface area contributed by atoms with Crippen LogP contribution < -0.4 is 5.32 Å². The van der Waals surface area contributed by atoms with Gasteiger partial charge in [-0.25, -0.2) is 0 Å². The predicted octanol–water partition coefficient (Wildman–Crippen LogP) is 1.63. The van der Waals surface area contributed by atoms with Gasteiger partial charge in [-0.3, -0.25) is 4.79 Å². The topological polar surface area (TPSA) is 32.3 Å². The van der Waals surface area contributed by atoms with E-state index in [2.05, 4.69) is 17.1 Å². The molecule has 3 atom stereocenters. The van der Waals surface area contributed by atoms with Crippen LogP contribution in [0.3, 0.4) is 0 Å². The van der Waals surface area contributed by atoms with E-state index in [-0.39, 0.29) is 5.41 Å². The largest absolute Gasteiger partial charge is 0.342 e. The Morgan fingerprint density at radius 3 is 3.00 bits per heavy atom. The molecular weight excluding hydrogens is 212 g/mol. The van der Waals surface area contributed by atoms with Crippen LogP contribution in [-0.4, -0.2) is 37.0 Å². The highest BCUT2D eigenvalue weighted by Crippen LogP contribution is 2.45. The van der Waals surface area contributed by atoms with E-state index in [0.717, 1.165) is 32.6 Å². The lowest BCUT2D eigenvalue weighted by molar-refractivity contribution is -0.144. The fourth-order valence-electron chi connectivity index (χ4n) is 4.10. The summed E-state index contributed by atoms with van der Waals surface area (Å²) in [7, 11) is 0. The van der Waals surface area contributed by atoms with Crippen molar-refractivity contribution in [2.75, 3.05) is 26.2 Å². The van der Waals surface area contributed by atoms with Crippen LogP contribution in [0.15, 0.2) is 0 Å². The number of hydrogen-bond donors (Lipinski definition) is 1. The van der Waals surface area contributed by atoms with Gasteiger partial charge < -0.3 is 10.2 Å². The van der Waals surface area contributed by atoms with Gasteiger partial charge in [-0.2, -0.15) is 0 Å². The molecule has 1 saturated carbocycles. The van der Waals surface area contributed by atoms with Gasteiger partial charge >= 0.3 is 0 Å². The average molecular weight is 236 g/mol. The summed E-state index contributed by atoms with van der Waals surface area (Å²) in [4.78, 5) is 15.0. The highest BCUT2D eigenvalue weighted by molar-refractivity contribution is 5.84. The van der Waals surface area contributed by atoms with Crippen LogP contribution in [0.5, 0.6) is 0 Å². The zero-order valence-corrected chi connectivity index (χ0v) is 10.9. The highest BCUT2D eigenvalue weighted by Gasteiger charge is 2.51. The standard InChI is InChI=1S/C14H24N2O/c1-11-5-7-16(9-11)13(17)14-6-3-2-4-12(14)8-15-10-14/h11-12,15H,2-10H2,1H3/t11?,12-,14+/m0/s1. The van der Waals surface area contributed by atoms with Gasteiger partial charge in [-0.1, -0.05) is 19.8 Å². The average Bonchev–Trinajstić information content (AvgIpc) is 2.94. The summed E-state index contributed by atoms with van der Waals surface area (Å²) in [5.74, 6) is 1.78. The van der Waals surface area contributed by atoms with Crippen molar-refractivity contribution in [3.05, 3.63) is 0 Å². The summed E-state index contributed by atoms with van der Waals surface area (Å²) in [6.07, 6.45) is 6.13. The molecular formula is C14H24N2O. The monoisotopic (exact) mass is 236 g/mol. The third-order valence-corrected chi connectivity index (χ3v) is 5.18.